The Hall–Kier alpha value is -1.31. The third kappa shape index (κ3) is 1.72. The van der Waals surface area contributed by atoms with E-state index < -0.39 is 0 Å². The molecule has 0 N–H and O–H groups in total. The van der Waals surface area contributed by atoms with Gasteiger partial charge in [-0.1, -0.05) is 19.9 Å². The van der Waals surface area contributed by atoms with Gasteiger partial charge in [0.25, 0.3) is 0 Å². The van der Waals surface area contributed by atoms with E-state index in [0.717, 1.165) is 0 Å². The summed E-state index contributed by atoms with van der Waals surface area (Å²) in [6, 6.07) is 6.19. The predicted molar refractivity (Wildman–Crippen MR) is 56.0 cm³/mol. The van der Waals surface area contributed by atoms with Gasteiger partial charge in [-0.2, -0.15) is 5.10 Å². The van der Waals surface area contributed by atoms with Crippen LogP contribution < -0.4 is 0 Å². The van der Waals surface area contributed by atoms with E-state index in [1.54, 1.807) is 0 Å². The fourth-order valence-electron chi connectivity index (χ4n) is 1.27. The second-order valence-electron chi connectivity index (χ2n) is 2.79. The molecule has 0 aliphatic carbocycles. The van der Waals surface area contributed by atoms with Crippen LogP contribution >= 0.6 is 0 Å². The molecule has 0 fully saturated rings. The molecule has 0 aromatic carbocycles. The summed E-state index contributed by atoms with van der Waals surface area (Å²) in [5, 5.41) is 4.23. The molecule has 2 heteroatoms. The molecule has 0 unspecified atom stereocenters. The van der Waals surface area contributed by atoms with Crippen LogP contribution in [0.1, 0.15) is 25.1 Å². The Bertz CT molecular complexity index is 388. The Morgan fingerprint density at radius 3 is 2.46 bits per heavy atom. The molecule has 2 aromatic rings. The highest BCUT2D eigenvalue weighted by atomic mass is 15.2. The zero-order chi connectivity index (χ0) is 9.84. The van der Waals surface area contributed by atoms with Gasteiger partial charge in [0.15, 0.2) is 0 Å². The minimum atomic E-state index is 1.18. The quantitative estimate of drug-likeness (QED) is 0.603. The van der Waals surface area contributed by atoms with Crippen LogP contribution in [0.2, 0.25) is 0 Å². The number of nitrogens with zero attached hydrogens (tertiary/aromatic N) is 2. The van der Waals surface area contributed by atoms with Gasteiger partial charge in [-0.25, -0.2) is 4.52 Å². The summed E-state index contributed by atoms with van der Waals surface area (Å²) in [5.41, 5.74) is 3.61. The smallest absolute Gasteiger partial charge is 0.0693 e. The van der Waals surface area contributed by atoms with Crippen LogP contribution in [0.4, 0.5) is 0 Å². The molecule has 2 rings (SSSR count). The monoisotopic (exact) mass is 176 g/mol. The Labute approximate surface area is 79.2 Å². The largest absolute Gasteiger partial charge is 0.238 e. The van der Waals surface area contributed by atoms with E-state index in [1.165, 1.54) is 16.8 Å². The fourth-order valence-corrected chi connectivity index (χ4v) is 1.27. The van der Waals surface area contributed by atoms with Crippen molar-refractivity contribution in [2.24, 2.45) is 0 Å². The lowest BCUT2D eigenvalue weighted by Crippen LogP contribution is -1.90. The van der Waals surface area contributed by atoms with Crippen LogP contribution in [-0.2, 0) is 0 Å². The minimum absolute atomic E-state index is 1.18. The molecule has 0 saturated carbocycles. The molecule has 2 heterocycles. The van der Waals surface area contributed by atoms with E-state index in [1.807, 2.05) is 24.6 Å². The van der Waals surface area contributed by atoms with Crippen LogP contribution in [0.3, 0.4) is 0 Å². The number of aryl methyl sites for hydroxylation is 2. The van der Waals surface area contributed by atoms with E-state index in [9.17, 15) is 0 Å². The van der Waals surface area contributed by atoms with Crippen molar-refractivity contribution in [2.45, 2.75) is 27.7 Å². The van der Waals surface area contributed by atoms with Crippen molar-refractivity contribution >= 4 is 5.52 Å². The van der Waals surface area contributed by atoms with Crippen molar-refractivity contribution in [2.75, 3.05) is 0 Å². The number of fused-ring (bicyclic) bond motifs is 1. The lowest BCUT2D eigenvalue weighted by atomic mass is 10.3. The third-order valence-electron chi connectivity index (χ3n) is 1.92. The van der Waals surface area contributed by atoms with Crippen molar-refractivity contribution in [1.29, 1.82) is 0 Å². The maximum absolute atomic E-state index is 4.23. The van der Waals surface area contributed by atoms with Gasteiger partial charge in [-0.15, -0.1) is 0 Å². The number of hydrogen-bond donors (Lipinski definition) is 0. The van der Waals surface area contributed by atoms with Crippen LogP contribution in [0.25, 0.3) is 5.52 Å². The summed E-state index contributed by atoms with van der Waals surface area (Å²) in [5.74, 6) is 0. The van der Waals surface area contributed by atoms with Crippen molar-refractivity contribution in [1.82, 2.24) is 9.61 Å². The molecular formula is C11H16N2. The summed E-state index contributed by atoms with van der Waals surface area (Å²) >= 11 is 0. The van der Waals surface area contributed by atoms with Gasteiger partial charge in [-0.05, 0) is 31.5 Å². The van der Waals surface area contributed by atoms with Gasteiger partial charge >= 0.3 is 0 Å². The van der Waals surface area contributed by atoms with E-state index in [-0.39, 0.29) is 0 Å². The number of pyridine rings is 1. The highest BCUT2D eigenvalue weighted by Gasteiger charge is 1.98. The Balaban J connectivity index is 0.000000396. The molecule has 13 heavy (non-hydrogen) atoms. The summed E-state index contributed by atoms with van der Waals surface area (Å²) in [4.78, 5) is 0. The van der Waals surface area contributed by atoms with Crippen LogP contribution in [0.5, 0.6) is 0 Å². The molecule has 0 amide bonds. The zero-order valence-corrected chi connectivity index (χ0v) is 8.70. The average Bonchev–Trinajstić information content (AvgIpc) is 2.53. The fraction of sp³-hybridized carbons (Fsp3) is 0.364. The summed E-state index contributed by atoms with van der Waals surface area (Å²) in [6.45, 7) is 8.13. The molecule has 0 saturated heterocycles. The van der Waals surface area contributed by atoms with Crippen molar-refractivity contribution < 1.29 is 0 Å². The lowest BCUT2D eigenvalue weighted by molar-refractivity contribution is 0.915. The first-order valence-corrected chi connectivity index (χ1v) is 4.69. The Morgan fingerprint density at radius 2 is 1.85 bits per heavy atom. The van der Waals surface area contributed by atoms with E-state index >= 15 is 0 Å². The maximum atomic E-state index is 4.23. The molecule has 70 valence electrons. The number of hydrogen-bond acceptors (Lipinski definition) is 1. The standard InChI is InChI=1S/C9H10N2.C2H6/c1-7-6-10-11-8(2)4-3-5-9(7)11;1-2/h3-6H,1-2H3;1-2H3. The zero-order valence-electron chi connectivity index (χ0n) is 8.70. The molecule has 0 aliphatic rings. The van der Waals surface area contributed by atoms with Gasteiger partial charge in [0.2, 0.25) is 0 Å². The molecule has 0 spiro atoms. The van der Waals surface area contributed by atoms with Crippen molar-refractivity contribution in [3.05, 3.63) is 35.7 Å². The molecule has 0 radical (unpaired) electrons. The first-order chi connectivity index (χ1) is 6.29. The summed E-state index contributed by atoms with van der Waals surface area (Å²) in [7, 11) is 0. The van der Waals surface area contributed by atoms with Crippen LogP contribution in [0, 0.1) is 13.8 Å². The third-order valence-corrected chi connectivity index (χ3v) is 1.92. The van der Waals surface area contributed by atoms with Crippen LogP contribution in [0.15, 0.2) is 24.4 Å². The van der Waals surface area contributed by atoms with Gasteiger partial charge in [0.05, 0.1) is 11.7 Å². The minimum Gasteiger partial charge on any atom is -0.238 e. The predicted octanol–water partition coefficient (Wildman–Crippen LogP) is 2.98. The summed E-state index contributed by atoms with van der Waals surface area (Å²) in [6.07, 6.45) is 1.89. The lowest BCUT2D eigenvalue weighted by Gasteiger charge is -1.96. The van der Waals surface area contributed by atoms with E-state index in [0.29, 0.717) is 0 Å². The van der Waals surface area contributed by atoms with Gasteiger partial charge in [0.1, 0.15) is 0 Å². The topological polar surface area (TPSA) is 17.3 Å². The Kier molecular flexibility index (Phi) is 3.07. The average molecular weight is 176 g/mol. The van der Waals surface area contributed by atoms with E-state index in [4.69, 9.17) is 0 Å². The van der Waals surface area contributed by atoms with E-state index in [2.05, 4.69) is 37.1 Å². The maximum Gasteiger partial charge on any atom is 0.0693 e. The highest BCUT2D eigenvalue weighted by Crippen LogP contribution is 2.10. The molecule has 0 aliphatic heterocycles. The summed E-state index contributed by atoms with van der Waals surface area (Å²) < 4.78 is 1.95. The first-order valence-electron chi connectivity index (χ1n) is 4.69. The Morgan fingerprint density at radius 1 is 1.15 bits per heavy atom. The SMILES string of the molecule is CC.Cc1cnn2c(C)cccc12. The molecule has 2 aromatic heterocycles. The highest BCUT2D eigenvalue weighted by molar-refractivity contribution is 5.53. The molecule has 0 bridgehead atoms. The number of aromatic nitrogens is 2. The van der Waals surface area contributed by atoms with Gasteiger partial charge < -0.3 is 0 Å². The van der Waals surface area contributed by atoms with Crippen LogP contribution in [-0.4, -0.2) is 9.61 Å². The molecule has 2 nitrogen and oxygen atoms in total. The molecule has 0 atom stereocenters. The first kappa shape index (κ1) is 9.78. The molecular weight excluding hydrogens is 160 g/mol. The normalized spacial score (nSPS) is 9.54. The van der Waals surface area contributed by atoms with Gasteiger partial charge in [0, 0.05) is 5.69 Å². The van der Waals surface area contributed by atoms with Crippen molar-refractivity contribution in [3.63, 3.8) is 0 Å². The second-order valence-corrected chi connectivity index (χ2v) is 2.79. The second kappa shape index (κ2) is 4.08. The van der Waals surface area contributed by atoms with Gasteiger partial charge in [-0.3, -0.25) is 0 Å². The number of rotatable bonds is 0. The van der Waals surface area contributed by atoms with Crippen molar-refractivity contribution in [3.8, 4) is 0 Å².